The second-order valence-electron chi connectivity index (χ2n) is 6.15. The topological polar surface area (TPSA) is 80.5 Å². The van der Waals surface area contributed by atoms with E-state index in [9.17, 15) is 13.2 Å². The van der Waals surface area contributed by atoms with E-state index < -0.39 is 21.8 Å². The van der Waals surface area contributed by atoms with Crippen molar-refractivity contribution in [2.75, 3.05) is 13.1 Å². The normalized spacial score (nSPS) is 23.1. The molecule has 0 aromatic heterocycles. The molecule has 0 aliphatic carbocycles. The van der Waals surface area contributed by atoms with Gasteiger partial charge in [-0.1, -0.05) is 38.4 Å². The summed E-state index contributed by atoms with van der Waals surface area (Å²) in [6.07, 6.45) is 0. The number of benzene rings is 1. The minimum absolute atomic E-state index is 0.0951. The van der Waals surface area contributed by atoms with Crippen LogP contribution >= 0.6 is 11.6 Å². The molecule has 0 unspecified atom stereocenters. The lowest BCUT2D eigenvalue weighted by Gasteiger charge is -2.18. The summed E-state index contributed by atoms with van der Waals surface area (Å²) in [6, 6.07) is 5.05. The van der Waals surface area contributed by atoms with Crippen LogP contribution in [0.25, 0.3) is 0 Å². The molecular formula is C15H21ClN2O3S. The lowest BCUT2D eigenvalue weighted by Crippen LogP contribution is -2.32. The number of carbonyl (C=O) groups is 1. The molecule has 0 spiro atoms. The molecule has 22 heavy (non-hydrogen) atoms. The summed E-state index contributed by atoms with van der Waals surface area (Å²) in [7, 11) is -3.73. The highest BCUT2D eigenvalue weighted by Gasteiger charge is 2.40. The summed E-state index contributed by atoms with van der Waals surface area (Å²) in [5, 5.41) is 0.194. The van der Waals surface area contributed by atoms with Gasteiger partial charge in [-0.25, -0.2) is 8.42 Å². The number of nitrogens with two attached hydrogens (primary N) is 1. The van der Waals surface area contributed by atoms with E-state index in [-0.39, 0.29) is 34.8 Å². The number of halogens is 1. The van der Waals surface area contributed by atoms with Gasteiger partial charge in [-0.15, -0.1) is 0 Å². The molecular weight excluding hydrogens is 324 g/mol. The van der Waals surface area contributed by atoms with Gasteiger partial charge in [0.15, 0.2) is 0 Å². The van der Waals surface area contributed by atoms with Crippen LogP contribution in [0.2, 0.25) is 5.02 Å². The second-order valence-corrected chi connectivity index (χ2v) is 8.47. The number of rotatable bonds is 4. The largest absolute Gasteiger partial charge is 0.369 e. The fourth-order valence-corrected chi connectivity index (χ4v) is 4.78. The van der Waals surface area contributed by atoms with Gasteiger partial charge in [0.2, 0.25) is 15.9 Å². The molecule has 1 saturated heterocycles. The number of nitrogens with zero attached hydrogens (tertiary/aromatic N) is 1. The van der Waals surface area contributed by atoms with Crippen molar-refractivity contribution < 1.29 is 13.2 Å². The molecule has 2 N–H and O–H groups in total. The Balaban J connectivity index is 2.40. The minimum Gasteiger partial charge on any atom is -0.369 e. The van der Waals surface area contributed by atoms with Crippen LogP contribution in [-0.4, -0.2) is 31.7 Å². The molecule has 1 aromatic rings. The number of sulfonamides is 1. The van der Waals surface area contributed by atoms with Gasteiger partial charge in [0.05, 0.1) is 10.9 Å². The van der Waals surface area contributed by atoms with Crippen LogP contribution in [0.4, 0.5) is 0 Å². The minimum atomic E-state index is -3.73. The molecule has 0 saturated carbocycles. The molecule has 1 fully saturated rings. The number of hydrogen-bond donors (Lipinski definition) is 1. The summed E-state index contributed by atoms with van der Waals surface area (Å²) in [5.74, 6) is -0.824. The molecule has 5 nitrogen and oxygen atoms in total. The third-order valence-electron chi connectivity index (χ3n) is 4.18. The van der Waals surface area contributed by atoms with E-state index in [0.717, 1.165) is 5.56 Å². The lowest BCUT2D eigenvalue weighted by molar-refractivity contribution is -0.122. The Kier molecular flexibility index (Phi) is 4.84. The monoisotopic (exact) mass is 344 g/mol. The van der Waals surface area contributed by atoms with Crippen LogP contribution in [0.5, 0.6) is 0 Å². The van der Waals surface area contributed by atoms with Crippen LogP contribution in [-0.2, 0) is 14.8 Å². The summed E-state index contributed by atoms with van der Waals surface area (Å²) in [5.41, 5.74) is 6.24. The van der Waals surface area contributed by atoms with Gasteiger partial charge in [-0.2, -0.15) is 4.31 Å². The average Bonchev–Trinajstić information content (AvgIpc) is 2.81. The van der Waals surface area contributed by atoms with Crippen molar-refractivity contribution in [2.24, 2.45) is 17.6 Å². The van der Waals surface area contributed by atoms with Crippen molar-refractivity contribution >= 4 is 27.5 Å². The first-order valence-corrected chi connectivity index (χ1v) is 9.05. The number of amides is 1. The fourth-order valence-electron chi connectivity index (χ4n) is 2.70. The smallest absolute Gasteiger partial charge is 0.244 e. The van der Waals surface area contributed by atoms with Gasteiger partial charge in [0.25, 0.3) is 0 Å². The maximum Gasteiger partial charge on any atom is 0.244 e. The SMILES string of the molecule is CC(C)c1ccc(Cl)c(S(=O)(=O)N2C[C@@H](C)[C@H](C(N)=O)C2)c1. The molecule has 1 heterocycles. The molecule has 1 amide bonds. The summed E-state index contributed by atoms with van der Waals surface area (Å²) in [6.45, 7) is 6.19. The summed E-state index contributed by atoms with van der Waals surface area (Å²) < 4.78 is 27.0. The standard InChI is InChI=1S/C15H21ClN2O3S/c1-9(2)11-4-5-13(16)14(6-11)22(20,21)18-7-10(3)12(8-18)15(17)19/h4-6,9-10,12H,7-8H2,1-3H3,(H2,17,19)/t10-,12-/m1/s1. The Bertz CT molecular complexity index is 688. The zero-order valence-electron chi connectivity index (χ0n) is 12.9. The molecule has 2 rings (SSSR count). The molecule has 0 bridgehead atoms. The van der Waals surface area contributed by atoms with E-state index in [1.54, 1.807) is 12.1 Å². The van der Waals surface area contributed by atoms with E-state index in [1.807, 2.05) is 26.8 Å². The van der Waals surface area contributed by atoms with E-state index in [0.29, 0.717) is 0 Å². The van der Waals surface area contributed by atoms with Crippen LogP contribution in [0.1, 0.15) is 32.3 Å². The van der Waals surface area contributed by atoms with Crippen LogP contribution in [0.15, 0.2) is 23.1 Å². The molecule has 1 aliphatic heterocycles. The molecule has 122 valence electrons. The fraction of sp³-hybridized carbons (Fsp3) is 0.533. The van der Waals surface area contributed by atoms with Gasteiger partial charge in [0.1, 0.15) is 4.90 Å². The predicted molar refractivity (Wildman–Crippen MR) is 86.1 cm³/mol. The third kappa shape index (κ3) is 3.14. The molecule has 2 atom stereocenters. The average molecular weight is 345 g/mol. The van der Waals surface area contributed by atoms with Gasteiger partial charge >= 0.3 is 0 Å². The van der Waals surface area contributed by atoms with Crippen molar-refractivity contribution in [1.82, 2.24) is 4.31 Å². The van der Waals surface area contributed by atoms with Crippen molar-refractivity contribution in [1.29, 1.82) is 0 Å². The van der Waals surface area contributed by atoms with Crippen LogP contribution in [0, 0.1) is 11.8 Å². The van der Waals surface area contributed by atoms with E-state index in [4.69, 9.17) is 17.3 Å². The van der Waals surface area contributed by atoms with Gasteiger partial charge < -0.3 is 5.73 Å². The zero-order chi connectivity index (χ0) is 16.7. The maximum atomic E-state index is 12.8. The van der Waals surface area contributed by atoms with Crippen LogP contribution in [0.3, 0.4) is 0 Å². The van der Waals surface area contributed by atoms with Crippen molar-refractivity contribution in [3.8, 4) is 0 Å². The predicted octanol–water partition coefficient (Wildman–Crippen LogP) is 2.21. The molecule has 1 aromatic carbocycles. The van der Waals surface area contributed by atoms with E-state index >= 15 is 0 Å². The molecule has 0 radical (unpaired) electrons. The maximum absolute atomic E-state index is 12.8. The molecule has 1 aliphatic rings. The zero-order valence-corrected chi connectivity index (χ0v) is 14.5. The number of carbonyl (C=O) groups excluding carboxylic acids is 1. The third-order valence-corrected chi connectivity index (χ3v) is 6.50. The van der Waals surface area contributed by atoms with E-state index in [2.05, 4.69) is 0 Å². The van der Waals surface area contributed by atoms with Gasteiger partial charge in [-0.05, 0) is 29.5 Å². The summed E-state index contributed by atoms with van der Waals surface area (Å²) >= 11 is 6.10. The van der Waals surface area contributed by atoms with Crippen molar-refractivity contribution in [2.45, 2.75) is 31.6 Å². The Morgan fingerprint density at radius 2 is 2.00 bits per heavy atom. The summed E-state index contributed by atoms with van der Waals surface area (Å²) in [4.78, 5) is 11.5. The van der Waals surface area contributed by atoms with E-state index in [1.165, 1.54) is 4.31 Å². The highest BCUT2D eigenvalue weighted by Crippen LogP contribution is 2.33. The Hall–Kier alpha value is -1.11. The number of hydrogen-bond acceptors (Lipinski definition) is 3. The highest BCUT2D eigenvalue weighted by molar-refractivity contribution is 7.89. The first-order valence-electron chi connectivity index (χ1n) is 7.23. The quantitative estimate of drug-likeness (QED) is 0.909. The molecule has 7 heteroatoms. The number of primary amides is 1. The Morgan fingerprint density at radius 1 is 1.36 bits per heavy atom. The second kappa shape index (κ2) is 6.18. The van der Waals surface area contributed by atoms with Gasteiger partial charge in [0, 0.05) is 13.1 Å². The Labute approximate surface area is 136 Å². The van der Waals surface area contributed by atoms with Gasteiger partial charge in [-0.3, -0.25) is 4.79 Å². The van der Waals surface area contributed by atoms with Crippen LogP contribution < -0.4 is 5.73 Å². The highest BCUT2D eigenvalue weighted by atomic mass is 35.5. The Morgan fingerprint density at radius 3 is 2.50 bits per heavy atom. The van der Waals surface area contributed by atoms with Crippen molar-refractivity contribution in [3.63, 3.8) is 0 Å². The van der Waals surface area contributed by atoms with Crippen molar-refractivity contribution in [3.05, 3.63) is 28.8 Å². The first kappa shape index (κ1) is 17.2. The lowest BCUT2D eigenvalue weighted by atomic mass is 9.98. The first-order chi connectivity index (χ1) is 10.1.